The molecule has 0 fully saturated rings. The van der Waals surface area contributed by atoms with Gasteiger partial charge >= 0.3 is 0 Å². The highest BCUT2D eigenvalue weighted by Gasteiger charge is 2.20. The SMILES string of the molecule is C=C(CCCCC)c1cccc(CC(NC(=O)CC/C(S)=C/C)B(C)C)c1C. The van der Waals surface area contributed by atoms with Gasteiger partial charge in [-0.2, -0.15) is 0 Å². The first-order valence-electron chi connectivity index (χ1n) is 10.7. The zero-order chi connectivity index (χ0) is 21.1. The maximum absolute atomic E-state index is 12.4. The summed E-state index contributed by atoms with van der Waals surface area (Å²) in [6, 6.07) is 6.49. The molecule has 154 valence electrons. The number of benzene rings is 1. The molecule has 1 amide bonds. The number of allylic oxidation sites excluding steroid dienone is 3. The molecular formula is C24H38BNOS. The summed E-state index contributed by atoms with van der Waals surface area (Å²) in [6.07, 6.45) is 8.71. The average molecular weight is 399 g/mol. The Labute approximate surface area is 178 Å². The van der Waals surface area contributed by atoms with Crippen molar-refractivity contribution >= 4 is 30.8 Å². The first-order chi connectivity index (χ1) is 13.3. The Balaban J connectivity index is 2.83. The van der Waals surface area contributed by atoms with Crippen molar-refractivity contribution in [1.82, 2.24) is 5.32 Å². The van der Waals surface area contributed by atoms with Crippen LogP contribution in [0.1, 0.15) is 69.1 Å². The van der Waals surface area contributed by atoms with E-state index >= 15 is 0 Å². The highest BCUT2D eigenvalue weighted by Crippen LogP contribution is 2.26. The monoisotopic (exact) mass is 399 g/mol. The predicted octanol–water partition coefficient (Wildman–Crippen LogP) is 6.52. The summed E-state index contributed by atoms with van der Waals surface area (Å²) < 4.78 is 0. The molecule has 1 aromatic rings. The lowest BCUT2D eigenvalue weighted by Crippen LogP contribution is -2.44. The molecule has 2 nitrogen and oxygen atoms in total. The third kappa shape index (κ3) is 8.30. The molecule has 0 spiro atoms. The Morgan fingerprint density at radius 1 is 1.25 bits per heavy atom. The normalized spacial score (nSPS) is 12.6. The summed E-state index contributed by atoms with van der Waals surface area (Å²) >= 11 is 4.36. The van der Waals surface area contributed by atoms with Gasteiger partial charge in [-0.3, -0.25) is 4.79 Å². The fourth-order valence-corrected chi connectivity index (χ4v) is 3.48. The van der Waals surface area contributed by atoms with Gasteiger partial charge in [0.15, 0.2) is 6.71 Å². The van der Waals surface area contributed by atoms with Gasteiger partial charge in [-0.25, -0.2) is 0 Å². The third-order valence-corrected chi connectivity index (χ3v) is 5.92. The van der Waals surface area contributed by atoms with Gasteiger partial charge in [0.2, 0.25) is 5.91 Å². The molecule has 1 rings (SSSR count). The molecule has 0 aliphatic carbocycles. The summed E-state index contributed by atoms with van der Waals surface area (Å²) in [7, 11) is 0. The minimum Gasteiger partial charge on any atom is -0.360 e. The smallest absolute Gasteiger partial charge is 0.219 e. The molecule has 0 heterocycles. The van der Waals surface area contributed by atoms with Crippen LogP contribution in [0.25, 0.3) is 5.57 Å². The minimum absolute atomic E-state index is 0.102. The van der Waals surface area contributed by atoms with Crippen molar-refractivity contribution in [3.05, 3.63) is 52.4 Å². The number of hydrogen-bond acceptors (Lipinski definition) is 2. The highest BCUT2D eigenvalue weighted by molar-refractivity contribution is 7.84. The van der Waals surface area contributed by atoms with Gasteiger partial charge in [0, 0.05) is 12.4 Å². The van der Waals surface area contributed by atoms with Crippen molar-refractivity contribution in [2.24, 2.45) is 0 Å². The molecule has 1 unspecified atom stereocenters. The van der Waals surface area contributed by atoms with E-state index in [0.717, 1.165) is 17.7 Å². The van der Waals surface area contributed by atoms with Crippen LogP contribution in [-0.2, 0) is 11.2 Å². The predicted molar refractivity (Wildman–Crippen MR) is 129 cm³/mol. The van der Waals surface area contributed by atoms with Gasteiger partial charge in [-0.15, -0.1) is 12.6 Å². The molecule has 1 aromatic carbocycles. The molecule has 0 radical (unpaired) electrons. The third-order valence-electron chi connectivity index (χ3n) is 5.44. The topological polar surface area (TPSA) is 29.1 Å². The Kier molecular flexibility index (Phi) is 11.4. The first kappa shape index (κ1) is 24.6. The van der Waals surface area contributed by atoms with Crippen LogP contribution in [0.5, 0.6) is 0 Å². The van der Waals surface area contributed by atoms with Crippen LogP contribution in [0.3, 0.4) is 0 Å². The molecular weight excluding hydrogens is 361 g/mol. The number of hydrogen-bond donors (Lipinski definition) is 2. The van der Waals surface area contributed by atoms with Crippen molar-refractivity contribution < 1.29 is 4.79 Å². The quantitative estimate of drug-likeness (QED) is 0.234. The molecule has 0 saturated heterocycles. The number of unbranched alkanes of at least 4 members (excludes halogenated alkanes) is 2. The molecule has 0 saturated carbocycles. The lowest BCUT2D eigenvalue weighted by molar-refractivity contribution is -0.121. The lowest BCUT2D eigenvalue weighted by Gasteiger charge is -2.23. The van der Waals surface area contributed by atoms with Crippen molar-refractivity contribution in [2.75, 3.05) is 0 Å². The van der Waals surface area contributed by atoms with Crippen molar-refractivity contribution in [3.8, 4) is 0 Å². The molecule has 4 heteroatoms. The molecule has 0 aliphatic rings. The van der Waals surface area contributed by atoms with Crippen LogP contribution < -0.4 is 5.32 Å². The van der Waals surface area contributed by atoms with E-state index in [9.17, 15) is 4.79 Å². The van der Waals surface area contributed by atoms with E-state index in [1.165, 1.54) is 41.5 Å². The zero-order valence-corrected chi connectivity index (χ0v) is 19.4. The molecule has 0 bridgehead atoms. The second-order valence-corrected chi connectivity index (χ2v) is 8.63. The number of amides is 1. The van der Waals surface area contributed by atoms with Crippen LogP contribution in [0.4, 0.5) is 0 Å². The summed E-state index contributed by atoms with van der Waals surface area (Å²) in [5.74, 6) is 0.230. The molecule has 0 aromatic heterocycles. The lowest BCUT2D eigenvalue weighted by atomic mass is 9.47. The largest absolute Gasteiger partial charge is 0.360 e. The average Bonchev–Trinajstić information content (AvgIpc) is 2.66. The van der Waals surface area contributed by atoms with Crippen LogP contribution >= 0.6 is 12.6 Å². The standard InChI is InChI=1S/C24H38BNOS/c1-7-9-10-12-18(3)22-14-11-13-20(19(22)4)17-23(25(5)6)26-24(27)16-15-21(28)8-2/h8,11,13-14,23,28H,3,7,9-10,12,15-17H2,1-2,4-6H3,(H,26,27)/b21-8-. The van der Waals surface area contributed by atoms with Crippen molar-refractivity contribution in [3.63, 3.8) is 0 Å². The van der Waals surface area contributed by atoms with Crippen LogP contribution in [-0.4, -0.2) is 18.6 Å². The van der Waals surface area contributed by atoms with E-state index in [2.05, 4.69) is 70.2 Å². The zero-order valence-electron chi connectivity index (χ0n) is 18.5. The van der Waals surface area contributed by atoms with Crippen LogP contribution in [0.2, 0.25) is 13.6 Å². The van der Waals surface area contributed by atoms with Gasteiger partial charge in [0.25, 0.3) is 0 Å². The van der Waals surface area contributed by atoms with Gasteiger partial charge in [-0.05, 0) is 66.7 Å². The number of rotatable bonds is 12. The second kappa shape index (κ2) is 12.9. The van der Waals surface area contributed by atoms with Crippen molar-refractivity contribution in [2.45, 2.75) is 85.3 Å². The maximum atomic E-state index is 12.4. The fraction of sp³-hybridized carbons (Fsp3) is 0.542. The maximum Gasteiger partial charge on any atom is 0.219 e. The molecule has 28 heavy (non-hydrogen) atoms. The molecule has 1 N–H and O–H groups in total. The van der Waals surface area contributed by atoms with E-state index < -0.39 is 0 Å². The number of nitrogens with one attached hydrogen (secondary N) is 1. The van der Waals surface area contributed by atoms with E-state index in [-0.39, 0.29) is 11.8 Å². The molecule has 0 aliphatic heterocycles. The number of carbonyl (C=O) groups excluding carboxylic acids is 1. The second-order valence-electron chi connectivity index (χ2n) is 8.05. The van der Waals surface area contributed by atoms with Crippen LogP contribution in [0, 0.1) is 6.92 Å². The highest BCUT2D eigenvalue weighted by atomic mass is 32.1. The van der Waals surface area contributed by atoms with Gasteiger partial charge < -0.3 is 5.32 Å². The Morgan fingerprint density at radius 2 is 1.96 bits per heavy atom. The molecule has 1 atom stereocenters. The number of thiol groups is 1. The Bertz CT molecular complexity index is 681. The van der Waals surface area contributed by atoms with E-state index in [1.54, 1.807) is 0 Å². The number of carbonyl (C=O) groups is 1. The van der Waals surface area contributed by atoms with Gasteiger partial charge in [0.05, 0.1) is 0 Å². The van der Waals surface area contributed by atoms with Crippen LogP contribution in [0.15, 0.2) is 35.8 Å². The summed E-state index contributed by atoms with van der Waals surface area (Å²) in [4.78, 5) is 13.3. The minimum atomic E-state index is 0.102. The van der Waals surface area contributed by atoms with E-state index in [4.69, 9.17) is 0 Å². The van der Waals surface area contributed by atoms with Gasteiger partial charge in [0.1, 0.15) is 0 Å². The Hall–Kier alpha value is -1.42. The summed E-state index contributed by atoms with van der Waals surface area (Å²) in [5.41, 5.74) is 5.10. The fourth-order valence-electron chi connectivity index (χ4n) is 3.37. The Morgan fingerprint density at radius 3 is 2.57 bits per heavy atom. The van der Waals surface area contributed by atoms with Gasteiger partial charge in [-0.1, -0.05) is 64.3 Å². The van der Waals surface area contributed by atoms with E-state index in [1.807, 2.05) is 13.0 Å². The first-order valence-corrected chi connectivity index (χ1v) is 11.1. The summed E-state index contributed by atoms with van der Waals surface area (Å²) in [6.45, 7) is 15.4. The van der Waals surface area contributed by atoms with E-state index in [0.29, 0.717) is 19.6 Å². The summed E-state index contributed by atoms with van der Waals surface area (Å²) in [5, 5.41) is 3.24. The van der Waals surface area contributed by atoms with Crippen molar-refractivity contribution in [1.29, 1.82) is 0 Å².